The fourth-order valence-electron chi connectivity index (χ4n) is 2.10. The first kappa shape index (κ1) is 14.4. The highest BCUT2D eigenvalue weighted by molar-refractivity contribution is 5.82. The molecule has 0 unspecified atom stereocenters. The molecular weight excluding hydrogens is 258 g/mol. The third-order valence-corrected chi connectivity index (χ3v) is 2.74. The van der Waals surface area contributed by atoms with Gasteiger partial charge in [-0.05, 0) is 37.8 Å². The summed E-state index contributed by atoms with van der Waals surface area (Å²) >= 11 is 0. The zero-order valence-corrected chi connectivity index (χ0v) is 12.1. The molecule has 0 saturated carbocycles. The Morgan fingerprint density at radius 1 is 1.30 bits per heavy atom. The van der Waals surface area contributed by atoms with Crippen molar-refractivity contribution in [2.75, 3.05) is 0 Å². The first-order valence-electron chi connectivity index (χ1n) is 6.70. The first-order chi connectivity index (χ1) is 9.36. The van der Waals surface area contributed by atoms with E-state index in [4.69, 9.17) is 9.15 Å². The van der Waals surface area contributed by atoms with Gasteiger partial charge in [-0.3, -0.25) is 0 Å². The van der Waals surface area contributed by atoms with E-state index in [0.29, 0.717) is 23.2 Å². The number of aromatic nitrogens is 1. The monoisotopic (exact) mass is 277 g/mol. The SMILES string of the molecule is CC(C)Cc1cc(O)cc2nc(OC(C)C)oc(=O)c12. The topological polar surface area (TPSA) is 72.6 Å². The predicted octanol–water partition coefficient (Wildman–Crippen LogP) is 2.88. The lowest BCUT2D eigenvalue weighted by molar-refractivity contribution is 0.166. The maximum atomic E-state index is 12.1. The zero-order chi connectivity index (χ0) is 14.9. The van der Waals surface area contributed by atoms with E-state index in [1.54, 1.807) is 6.07 Å². The molecule has 1 aromatic carbocycles. The molecule has 0 spiro atoms. The molecule has 108 valence electrons. The van der Waals surface area contributed by atoms with E-state index >= 15 is 0 Å². The molecule has 1 N–H and O–H groups in total. The van der Waals surface area contributed by atoms with Crippen molar-refractivity contribution >= 4 is 10.9 Å². The number of phenols is 1. The van der Waals surface area contributed by atoms with Crippen LogP contribution in [0.4, 0.5) is 0 Å². The number of ether oxygens (including phenoxy) is 1. The summed E-state index contributed by atoms with van der Waals surface area (Å²) in [6.45, 7) is 7.72. The van der Waals surface area contributed by atoms with Crippen LogP contribution in [0.15, 0.2) is 21.3 Å². The molecule has 20 heavy (non-hydrogen) atoms. The Morgan fingerprint density at radius 3 is 2.60 bits per heavy atom. The molecule has 5 heteroatoms. The molecular formula is C15H19NO4. The minimum atomic E-state index is -0.485. The number of nitrogens with zero attached hydrogens (tertiary/aromatic N) is 1. The van der Waals surface area contributed by atoms with E-state index in [-0.39, 0.29) is 17.9 Å². The van der Waals surface area contributed by atoms with E-state index in [1.807, 2.05) is 27.7 Å². The molecule has 1 aromatic heterocycles. The summed E-state index contributed by atoms with van der Waals surface area (Å²) in [4.78, 5) is 16.3. The quantitative estimate of drug-likeness (QED) is 0.930. The van der Waals surface area contributed by atoms with Crippen LogP contribution < -0.4 is 10.4 Å². The molecule has 1 heterocycles. The van der Waals surface area contributed by atoms with Gasteiger partial charge in [-0.1, -0.05) is 13.8 Å². The van der Waals surface area contributed by atoms with Crippen molar-refractivity contribution in [3.8, 4) is 11.8 Å². The van der Waals surface area contributed by atoms with Gasteiger partial charge in [0.1, 0.15) is 5.75 Å². The molecule has 0 aliphatic carbocycles. The Hall–Kier alpha value is -2.04. The normalized spacial score (nSPS) is 11.5. The number of hydrogen-bond acceptors (Lipinski definition) is 5. The van der Waals surface area contributed by atoms with Crippen LogP contribution in [0.3, 0.4) is 0 Å². The van der Waals surface area contributed by atoms with Gasteiger partial charge in [0.2, 0.25) is 0 Å². The Kier molecular flexibility index (Phi) is 3.97. The maximum absolute atomic E-state index is 12.1. The van der Waals surface area contributed by atoms with Crippen molar-refractivity contribution in [1.29, 1.82) is 0 Å². The van der Waals surface area contributed by atoms with Crippen LogP contribution in [-0.4, -0.2) is 16.2 Å². The van der Waals surface area contributed by atoms with Crippen LogP contribution in [0, 0.1) is 5.92 Å². The summed E-state index contributed by atoms with van der Waals surface area (Å²) < 4.78 is 10.4. The second-order valence-corrected chi connectivity index (χ2v) is 5.53. The molecule has 0 aliphatic heterocycles. The lowest BCUT2D eigenvalue weighted by Gasteiger charge is -2.10. The third-order valence-electron chi connectivity index (χ3n) is 2.74. The Morgan fingerprint density at radius 2 is 2.00 bits per heavy atom. The predicted molar refractivity (Wildman–Crippen MR) is 76.2 cm³/mol. The van der Waals surface area contributed by atoms with E-state index in [1.165, 1.54) is 6.07 Å². The van der Waals surface area contributed by atoms with Crippen molar-refractivity contribution in [2.24, 2.45) is 5.92 Å². The van der Waals surface area contributed by atoms with Gasteiger partial charge in [0, 0.05) is 6.07 Å². The van der Waals surface area contributed by atoms with Gasteiger partial charge in [0.15, 0.2) is 0 Å². The largest absolute Gasteiger partial charge is 0.508 e. The molecule has 2 rings (SSSR count). The van der Waals surface area contributed by atoms with Crippen LogP contribution >= 0.6 is 0 Å². The van der Waals surface area contributed by atoms with Crippen LogP contribution in [0.2, 0.25) is 0 Å². The third kappa shape index (κ3) is 3.10. The van der Waals surface area contributed by atoms with Crippen molar-refractivity contribution in [3.63, 3.8) is 0 Å². The van der Waals surface area contributed by atoms with Gasteiger partial charge in [0.05, 0.1) is 17.0 Å². The minimum absolute atomic E-state index is 0.0707. The van der Waals surface area contributed by atoms with Gasteiger partial charge in [-0.2, -0.15) is 4.98 Å². The van der Waals surface area contributed by atoms with Crippen LogP contribution in [-0.2, 0) is 6.42 Å². The minimum Gasteiger partial charge on any atom is -0.508 e. The van der Waals surface area contributed by atoms with Crippen molar-refractivity contribution < 1.29 is 14.3 Å². The second-order valence-electron chi connectivity index (χ2n) is 5.53. The van der Waals surface area contributed by atoms with Gasteiger partial charge in [0.25, 0.3) is 0 Å². The highest BCUT2D eigenvalue weighted by Crippen LogP contribution is 2.25. The molecule has 0 bridgehead atoms. The lowest BCUT2D eigenvalue weighted by Crippen LogP contribution is -2.12. The molecule has 0 atom stereocenters. The van der Waals surface area contributed by atoms with Crippen LogP contribution in [0.25, 0.3) is 10.9 Å². The van der Waals surface area contributed by atoms with E-state index < -0.39 is 5.63 Å². The van der Waals surface area contributed by atoms with E-state index in [2.05, 4.69) is 4.98 Å². The average Bonchev–Trinajstić information content (AvgIpc) is 2.24. The molecule has 0 fully saturated rings. The number of rotatable bonds is 4. The number of fused-ring (bicyclic) bond motifs is 1. The molecule has 0 radical (unpaired) electrons. The maximum Gasteiger partial charge on any atom is 0.397 e. The van der Waals surface area contributed by atoms with Crippen molar-refractivity contribution in [3.05, 3.63) is 28.1 Å². The summed E-state index contributed by atoms with van der Waals surface area (Å²) in [5.41, 5.74) is 0.654. The van der Waals surface area contributed by atoms with E-state index in [0.717, 1.165) is 5.56 Å². The highest BCUT2D eigenvalue weighted by Gasteiger charge is 2.14. The molecule has 0 amide bonds. The highest BCUT2D eigenvalue weighted by atomic mass is 16.6. The fraction of sp³-hybridized carbons (Fsp3) is 0.467. The fourth-order valence-corrected chi connectivity index (χ4v) is 2.10. The number of phenolic OH excluding ortho intramolecular Hbond substituents is 1. The summed E-state index contributed by atoms with van der Waals surface area (Å²) in [6, 6.07) is 3.03. The number of aromatic hydroxyl groups is 1. The van der Waals surface area contributed by atoms with Crippen molar-refractivity contribution in [1.82, 2.24) is 4.98 Å². The molecule has 2 aromatic rings. The van der Waals surface area contributed by atoms with Gasteiger partial charge in [-0.15, -0.1) is 0 Å². The lowest BCUT2D eigenvalue weighted by atomic mass is 9.99. The molecule has 0 aliphatic rings. The van der Waals surface area contributed by atoms with Crippen LogP contribution in [0.5, 0.6) is 11.8 Å². The number of benzene rings is 1. The second kappa shape index (κ2) is 5.53. The van der Waals surface area contributed by atoms with E-state index in [9.17, 15) is 9.90 Å². The first-order valence-corrected chi connectivity index (χ1v) is 6.70. The van der Waals surface area contributed by atoms with Crippen molar-refractivity contribution in [2.45, 2.75) is 40.2 Å². The zero-order valence-electron chi connectivity index (χ0n) is 12.1. The smallest absolute Gasteiger partial charge is 0.397 e. The van der Waals surface area contributed by atoms with Gasteiger partial charge >= 0.3 is 11.7 Å². The average molecular weight is 277 g/mol. The van der Waals surface area contributed by atoms with Crippen LogP contribution in [0.1, 0.15) is 33.3 Å². The molecule has 0 saturated heterocycles. The molecule has 5 nitrogen and oxygen atoms in total. The van der Waals surface area contributed by atoms with Gasteiger partial charge < -0.3 is 14.3 Å². The Labute approximate surface area is 117 Å². The Balaban J connectivity index is 2.63. The summed E-state index contributed by atoms with van der Waals surface area (Å²) in [5, 5.41) is 10.2. The summed E-state index contributed by atoms with van der Waals surface area (Å²) in [7, 11) is 0. The standard InChI is InChI=1S/C15H19NO4/c1-8(2)5-10-6-11(17)7-12-13(10)14(18)20-15(16-12)19-9(3)4/h6-9,17H,5H2,1-4H3. The Bertz CT molecular complexity index is 673. The number of hydrogen-bond donors (Lipinski definition) is 1. The summed E-state index contributed by atoms with van der Waals surface area (Å²) in [6.07, 6.45) is 0.455. The summed E-state index contributed by atoms with van der Waals surface area (Å²) in [5.74, 6) is 0.438. The van der Waals surface area contributed by atoms with Gasteiger partial charge in [-0.25, -0.2) is 4.79 Å².